The fourth-order valence-corrected chi connectivity index (χ4v) is 10.4. The minimum absolute atomic E-state index is 0.879. The van der Waals surface area contributed by atoms with Gasteiger partial charge in [-0.1, -0.05) is 170 Å². The lowest BCUT2D eigenvalue weighted by Gasteiger charge is -2.27. The van der Waals surface area contributed by atoms with Gasteiger partial charge in [0.15, 0.2) is 0 Å². The van der Waals surface area contributed by atoms with Crippen molar-refractivity contribution in [1.29, 1.82) is 0 Å². The molecule has 0 unspecified atom stereocenters. The van der Waals surface area contributed by atoms with Crippen LogP contribution in [-0.4, -0.2) is 0 Å². The lowest BCUT2D eigenvalue weighted by Crippen LogP contribution is -2.10. The van der Waals surface area contributed by atoms with Crippen molar-refractivity contribution < 1.29 is 4.42 Å². The van der Waals surface area contributed by atoms with Gasteiger partial charge >= 0.3 is 0 Å². The van der Waals surface area contributed by atoms with Crippen molar-refractivity contribution in [3.05, 3.63) is 212 Å². The second-order valence-electron chi connectivity index (χ2n) is 15.2. The molecule has 0 N–H and O–H groups in total. The summed E-state index contributed by atoms with van der Waals surface area (Å²) in [5.41, 5.74) is 12.0. The summed E-state index contributed by atoms with van der Waals surface area (Å²) in [7, 11) is 0. The second-order valence-corrected chi connectivity index (χ2v) is 16.2. The SMILES string of the molecule is c1ccc(-c2ccc(N(c3ccc(-c4cccc5c4sc4ccccc45)cc3)c3ccc(-c4ccccc4)c4oc5c6ccccc6c6ccccc6c5c34)cc2)cc1. The van der Waals surface area contributed by atoms with Gasteiger partial charge in [-0.25, -0.2) is 0 Å². The Morgan fingerprint density at radius 3 is 1.56 bits per heavy atom. The number of nitrogens with zero attached hydrogens (tertiary/aromatic N) is 1. The van der Waals surface area contributed by atoms with Crippen LogP contribution in [0.5, 0.6) is 0 Å². The molecule has 0 bridgehead atoms. The summed E-state index contributed by atoms with van der Waals surface area (Å²) < 4.78 is 9.85. The topological polar surface area (TPSA) is 16.4 Å². The van der Waals surface area contributed by atoms with Gasteiger partial charge in [-0.15, -0.1) is 11.3 Å². The highest BCUT2D eigenvalue weighted by atomic mass is 32.1. The molecule has 0 aliphatic rings. The highest BCUT2D eigenvalue weighted by molar-refractivity contribution is 7.26. The van der Waals surface area contributed by atoms with Crippen molar-refractivity contribution >= 4 is 92.1 Å². The molecule has 0 spiro atoms. The first-order chi connectivity index (χ1) is 29.3. The Kier molecular flexibility index (Phi) is 7.75. The molecule has 0 atom stereocenters. The first-order valence-corrected chi connectivity index (χ1v) is 20.9. The fourth-order valence-electron chi connectivity index (χ4n) is 9.14. The van der Waals surface area contributed by atoms with E-state index in [1.54, 1.807) is 0 Å². The molecule has 0 saturated carbocycles. The van der Waals surface area contributed by atoms with E-state index >= 15 is 0 Å². The van der Waals surface area contributed by atoms with Crippen LogP contribution in [0.3, 0.4) is 0 Å². The Morgan fingerprint density at radius 2 is 0.847 bits per heavy atom. The van der Waals surface area contributed by atoms with E-state index in [9.17, 15) is 0 Å². The van der Waals surface area contributed by atoms with Gasteiger partial charge in [0.2, 0.25) is 0 Å². The zero-order valence-electron chi connectivity index (χ0n) is 32.0. The van der Waals surface area contributed by atoms with Crippen LogP contribution in [0.4, 0.5) is 17.1 Å². The molecule has 2 heterocycles. The Morgan fingerprint density at radius 1 is 0.322 bits per heavy atom. The number of hydrogen-bond acceptors (Lipinski definition) is 3. The number of furan rings is 1. The molecule has 0 fully saturated rings. The van der Waals surface area contributed by atoms with E-state index in [1.807, 2.05) is 11.3 Å². The molecule has 276 valence electrons. The van der Waals surface area contributed by atoms with Gasteiger partial charge in [-0.3, -0.25) is 0 Å². The van der Waals surface area contributed by atoms with Gasteiger partial charge in [0.05, 0.1) is 11.1 Å². The standard InChI is InChI=1S/C56H35NOS/c1-3-14-36(15-4-1)37-26-30-40(31-27-37)57(41-32-28-39(29-33-41)43-23-13-24-49-46-20-11-12-25-51(46)59-56(43)49)50-35-34-42(38-16-5-2-6-17-38)54-53(50)52-47-21-9-7-18-44(47)45-19-8-10-22-48(45)55(52)58-54/h1-35H. The van der Waals surface area contributed by atoms with Crippen LogP contribution >= 0.6 is 11.3 Å². The van der Waals surface area contributed by atoms with Crippen molar-refractivity contribution in [3.63, 3.8) is 0 Å². The monoisotopic (exact) mass is 769 g/mol. The Hall–Kier alpha value is -7.46. The molecule has 0 saturated heterocycles. The molecule has 0 aliphatic heterocycles. The molecule has 0 radical (unpaired) electrons. The molecular weight excluding hydrogens is 735 g/mol. The van der Waals surface area contributed by atoms with Gasteiger partial charge in [0.1, 0.15) is 11.2 Å². The average Bonchev–Trinajstić information content (AvgIpc) is 3.91. The quantitative estimate of drug-likeness (QED) is 0.157. The highest BCUT2D eigenvalue weighted by Crippen LogP contribution is 2.50. The highest BCUT2D eigenvalue weighted by Gasteiger charge is 2.25. The number of fused-ring (bicyclic) bond motifs is 11. The van der Waals surface area contributed by atoms with E-state index in [0.717, 1.165) is 55.5 Å². The summed E-state index contributed by atoms with van der Waals surface area (Å²) in [6.07, 6.45) is 0. The molecule has 10 aromatic carbocycles. The molecule has 0 amide bonds. The maximum absolute atomic E-state index is 7.22. The largest absolute Gasteiger partial charge is 0.455 e. The lowest BCUT2D eigenvalue weighted by atomic mass is 9.94. The maximum atomic E-state index is 7.22. The third-order valence-corrected chi connectivity index (χ3v) is 13.1. The van der Waals surface area contributed by atoms with E-state index in [-0.39, 0.29) is 0 Å². The van der Waals surface area contributed by atoms with Crippen molar-refractivity contribution in [2.45, 2.75) is 0 Å². The van der Waals surface area contributed by atoms with Crippen LogP contribution < -0.4 is 4.90 Å². The first kappa shape index (κ1) is 33.7. The van der Waals surface area contributed by atoms with Crippen molar-refractivity contribution in [3.8, 4) is 33.4 Å². The number of hydrogen-bond donors (Lipinski definition) is 0. The van der Waals surface area contributed by atoms with Crippen LogP contribution in [0.2, 0.25) is 0 Å². The fraction of sp³-hybridized carbons (Fsp3) is 0. The molecule has 59 heavy (non-hydrogen) atoms. The molecule has 0 aliphatic carbocycles. The van der Waals surface area contributed by atoms with E-state index in [2.05, 4.69) is 217 Å². The van der Waals surface area contributed by atoms with E-state index in [4.69, 9.17) is 4.42 Å². The lowest BCUT2D eigenvalue weighted by molar-refractivity contribution is 0.674. The summed E-state index contributed by atoms with van der Waals surface area (Å²) >= 11 is 1.87. The average molecular weight is 770 g/mol. The zero-order chi connectivity index (χ0) is 38.9. The molecule has 2 nitrogen and oxygen atoms in total. The summed E-state index contributed by atoms with van der Waals surface area (Å²) in [4.78, 5) is 2.41. The van der Waals surface area contributed by atoms with Crippen LogP contribution in [0.25, 0.3) is 97.0 Å². The van der Waals surface area contributed by atoms with E-state index < -0.39 is 0 Å². The third kappa shape index (κ3) is 5.40. The smallest absolute Gasteiger partial charge is 0.145 e. The predicted molar refractivity (Wildman–Crippen MR) is 253 cm³/mol. The first-order valence-electron chi connectivity index (χ1n) is 20.1. The molecule has 12 aromatic rings. The van der Waals surface area contributed by atoms with Gasteiger partial charge in [-0.05, 0) is 86.4 Å². The summed E-state index contributed by atoms with van der Waals surface area (Å²) in [5.74, 6) is 0. The number of thiophene rings is 1. The molecule has 3 heteroatoms. The van der Waals surface area contributed by atoms with E-state index in [1.165, 1.54) is 58.6 Å². The summed E-state index contributed by atoms with van der Waals surface area (Å²) in [6, 6.07) is 76.7. The normalized spacial score (nSPS) is 11.7. The van der Waals surface area contributed by atoms with Crippen molar-refractivity contribution in [2.24, 2.45) is 0 Å². The van der Waals surface area contributed by atoms with E-state index in [0.29, 0.717) is 0 Å². The van der Waals surface area contributed by atoms with Gasteiger partial charge in [-0.2, -0.15) is 0 Å². The van der Waals surface area contributed by atoms with Crippen molar-refractivity contribution in [2.75, 3.05) is 4.90 Å². The summed E-state index contributed by atoms with van der Waals surface area (Å²) in [6.45, 7) is 0. The summed E-state index contributed by atoms with van der Waals surface area (Å²) in [5, 5.41) is 9.53. The Labute approximate surface area is 345 Å². The van der Waals surface area contributed by atoms with Crippen LogP contribution in [0.1, 0.15) is 0 Å². The van der Waals surface area contributed by atoms with Gasteiger partial charge in [0, 0.05) is 47.9 Å². The second kappa shape index (κ2) is 13.6. The van der Waals surface area contributed by atoms with Crippen LogP contribution in [0, 0.1) is 0 Å². The molecule has 2 aromatic heterocycles. The van der Waals surface area contributed by atoms with Gasteiger partial charge < -0.3 is 9.32 Å². The minimum atomic E-state index is 0.879. The van der Waals surface area contributed by atoms with Crippen molar-refractivity contribution in [1.82, 2.24) is 0 Å². The number of anilines is 3. The zero-order valence-corrected chi connectivity index (χ0v) is 32.8. The molecular formula is C56H35NOS. The van der Waals surface area contributed by atoms with Crippen LogP contribution in [0.15, 0.2) is 217 Å². The van der Waals surface area contributed by atoms with Crippen LogP contribution in [-0.2, 0) is 0 Å². The predicted octanol–water partition coefficient (Wildman–Crippen LogP) is 16.7. The maximum Gasteiger partial charge on any atom is 0.145 e. The Balaban J connectivity index is 1.13. The van der Waals surface area contributed by atoms with Gasteiger partial charge in [0.25, 0.3) is 0 Å². The number of rotatable bonds is 6. The number of benzene rings is 10. The minimum Gasteiger partial charge on any atom is -0.455 e. The Bertz CT molecular complexity index is 3530. The molecule has 12 rings (SSSR count). The third-order valence-electron chi connectivity index (χ3n) is 11.9.